The van der Waals surface area contributed by atoms with Crippen LogP contribution in [-0.4, -0.2) is 51.8 Å². The van der Waals surface area contributed by atoms with Gasteiger partial charge in [-0.3, -0.25) is 14.4 Å². The molecular formula is C20H28ClN5OS. The van der Waals surface area contributed by atoms with Crippen LogP contribution < -0.4 is 4.90 Å². The number of fused-ring (bicyclic) bond motifs is 1. The van der Waals surface area contributed by atoms with Gasteiger partial charge in [-0.15, -0.1) is 12.4 Å². The van der Waals surface area contributed by atoms with E-state index in [1.807, 2.05) is 0 Å². The number of carbonyl (C=O) groups is 1. The van der Waals surface area contributed by atoms with Crippen molar-refractivity contribution < 1.29 is 4.79 Å². The number of nitrogens with zero attached hydrogens (tertiary/aromatic N) is 5. The van der Waals surface area contributed by atoms with Crippen molar-refractivity contribution in [3.63, 3.8) is 0 Å². The van der Waals surface area contributed by atoms with Crippen molar-refractivity contribution >= 4 is 45.0 Å². The molecule has 0 saturated heterocycles. The molecule has 0 N–H and O–H groups in total. The van der Waals surface area contributed by atoms with Crippen LogP contribution in [0, 0.1) is 0 Å². The minimum atomic E-state index is -0.0562. The first-order valence-electron chi connectivity index (χ1n) is 9.49. The van der Waals surface area contributed by atoms with Crippen LogP contribution in [0.3, 0.4) is 0 Å². The SMILES string of the molecule is CCc1cccc2sc(N(CCN(CC)CC)C(=O)c3ccnn3C)nc12.Cl. The Bertz CT molecular complexity index is 918. The highest BCUT2D eigenvalue weighted by Gasteiger charge is 2.24. The Hall–Kier alpha value is -1.96. The molecule has 2 aromatic heterocycles. The number of aromatic nitrogens is 3. The molecule has 0 atom stereocenters. The minimum Gasteiger partial charge on any atom is -0.302 e. The molecule has 152 valence electrons. The zero-order chi connectivity index (χ0) is 19.4. The van der Waals surface area contributed by atoms with Crippen LogP contribution in [0.1, 0.15) is 36.8 Å². The number of para-hydroxylation sites is 1. The maximum atomic E-state index is 13.3. The van der Waals surface area contributed by atoms with Gasteiger partial charge in [0.25, 0.3) is 5.91 Å². The van der Waals surface area contributed by atoms with Gasteiger partial charge in [0.15, 0.2) is 5.13 Å². The second-order valence-corrected chi connectivity index (χ2v) is 7.45. The third-order valence-corrected chi connectivity index (χ3v) is 5.97. The second kappa shape index (κ2) is 10.0. The average molecular weight is 422 g/mol. The van der Waals surface area contributed by atoms with Crippen LogP contribution in [-0.2, 0) is 13.5 Å². The minimum absolute atomic E-state index is 0. The summed E-state index contributed by atoms with van der Waals surface area (Å²) in [6, 6.07) is 8.01. The van der Waals surface area contributed by atoms with Crippen LogP contribution in [0.4, 0.5) is 5.13 Å². The summed E-state index contributed by atoms with van der Waals surface area (Å²) in [5.74, 6) is -0.0562. The Morgan fingerprint density at radius 1 is 1.14 bits per heavy atom. The largest absolute Gasteiger partial charge is 0.302 e. The fraction of sp³-hybridized carbons (Fsp3) is 0.450. The molecule has 8 heteroatoms. The van der Waals surface area contributed by atoms with E-state index < -0.39 is 0 Å². The number of carbonyl (C=O) groups excluding carboxylic acids is 1. The second-order valence-electron chi connectivity index (χ2n) is 6.44. The monoisotopic (exact) mass is 421 g/mol. The highest BCUT2D eigenvalue weighted by Crippen LogP contribution is 2.31. The molecule has 0 unspecified atom stereocenters. The lowest BCUT2D eigenvalue weighted by molar-refractivity contribution is 0.0974. The third kappa shape index (κ3) is 4.54. The Morgan fingerprint density at radius 3 is 2.50 bits per heavy atom. The molecule has 0 radical (unpaired) electrons. The first-order chi connectivity index (χ1) is 13.1. The summed E-state index contributed by atoms with van der Waals surface area (Å²) in [6.07, 6.45) is 2.58. The lowest BCUT2D eigenvalue weighted by atomic mass is 10.1. The molecule has 28 heavy (non-hydrogen) atoms. The summed E-state index contributed by atoms with van der Waals surface area (Å²) in [6.45, 7) is 9.75. The number of anilines is 1. The summed E-state index contributed by atoms with van der Waals surface area (Å²) in [4.78, 5) is 22.2. The molecule has 0 bridgehead atoms. The number of hydrogen-bond donors (Lipinski definition) is 0. The summed E-state index contributed by atoms with van der Waals surface area (Å²) < 4.78 is 2.74. The van der Waals surface area contributed by atoms with E-state index in [0.717, 1.165) is 41.4 Å². The number of thiazole rings is 1. The zero-order valence-corrected chi connectivity index (χ0v) is 18.5. The van der Waals surface area contributed by atoms with Crippen molar-refractivity contribution in [2.45, 2.75) is 27.2 Å². The van der Waals surface area contributed by atoms with E-state index >= 15 is 0 Å². The summed E-state index contributed by atoms with van der Waals surface area (Å²) >= 11 is 1.58. The fourth-order valence-electron chi connectivity index (χ4n) is 3.18. The van der Waals surface area contributed by atoms with E-state index in [1.165, 1.54) is 5.56 Å². The highest BCUT2D eigenvalue weighted by atomic mass is 35.5. The number of likely N-dealkylation sites (N-methyl/N-ethyl adjacent to an activating group) is 1. The average Bonchev–Trinajstić information content (AvgIpc) is 3.30. The number of rotatable bonds is 8. The van der Waals surface area contributed by atoms with Crippen molar-refractivity contribution in [2.75, 3.05) is 31.1 Å². The topological polar surface area (TPSA) is 54.3 Å². The number of amides is 1. The molecule has 0 aliphatic heterocycles. The van der Waals surface area contributed by atoms with Gasteiger partial charge in [-0.25, -0.2) is 4.98 Å². The van der Waals surface area contributed by atoms with Gasteiger partial charge >= 0.3 is 0 Å². The predicted molar refractivity (Wildman–Crippen MR) is 119 cm³/mol. The van der Waals surface area contributed by atoms with Crippen LogP contribution in [0.15, 0.2) is 30.5 Å². The van der Waals surface area contributed by atoms with Crippen molar-refractivity contribution in [1.82, 2.24) is 19.7 Å². The molecule has 1 amide bonds. The van der Waals surface area contributed by atoms with E-state index in [1.54, 1.807) is 40.2 Å². The van der Waals surface area contributed by atoms with Crippen LogP contribution in [0.2, 0.25) is 0 Å². The highest BCUT2D eigenvalue weighted by molar-refractivity contribution is 7.22. The number of halogens is 1. The Kier molecular flexibility index (Phi) is 7.98. The normalized spacial score (nSPS) is 11.0. The van der Waals surface area contributed by atoms with Crippen LogP contribution >= 0.6 is 23.7 Å². The maximum Gasteiger partial charge on any atom is 0.278 e. The lowest BCUT2D eigenvalue weighted by Gasteiger charge is -2.24. The first kappa shape index (κ1) is 22.3. The molecule has 0 aliphatic rings. The molecule has 2 heterocycles. The van der Waals surface area contributed by atoms with Crippen molar-refractivity contribution in [3.8, 4) is 0 Å². The number of hydrogen-bond acceptors (Lipinski definition) is 5. The predicted octanol–water partition coefficient (Wildman–Crippen LogP) is 4.00. The number of benzene rings is 1. The Morgan fingerprint density at radius 2 is 1.89 bits per heavy atom. The van der Waals surface area contributed by atoms with Gasteiger partial charge in [0.05, 0.1) is 10.2 Å². The lowest BCUT2D eigenvalue weighted by Crippen LogP contribution is -2.39. The molecule has 1 aromatic carbocycles. The van der Waals surface area contributed by atoms with Gasteiger partial charge in [-0.1, -0.05) is 44.2 Å². The molecule has 3 rings (SSSR count). The van der Waals surface area contributed by atoms with Crippen molar-refractivity contribution in [3.05, 3.63) is 41.7 Å². The quantitative estimate of drug-likeness (QED) is 0.551. The first-order valence-corrected chi connectivity index (χ1v) is 10.3. The van der Waals surface area contributed by atoms with Gasteiger partial charge in [-0.2, -0.15) is 5.10 Å². The van der Waals surface area contributed by atoms with E-state index in [9.17, 15) is 4.79 Å². The Labute approximate surface area is 176 Å². The van der Waals surface area contributed by atoms with Crippen molar-refractivity contribution in [1.29, 1.82) is 0 Å². The summed E-state index contributed by atoms with van der Waals surface area (Å²) in [7, 11) is 1.79. The molecule has 3 aromatic rings. The maximum absolute atomic E-state index is 13.3. The van der Waals surface area contributed by atoms with E-state index in [0.29, 0.717) is 12.2 Å². The zero-order valence-electron chi connectivity index (χ0n) is 16.9. The summed E-state index contributed by atoms with van der Waals surface area (Å²) in [5.41, 5.74) is 2.79. The molecule has 0 fully saturated rings. The fourth-order valence-corrected chi connectivity index (χ4v) is 4.22. The van der Waals surface area contributed by atoms with E-state index in [4.69, 9.17) is 4.98 Å². The molecule has 0 aliphatic carbocycles. The van der Waals surface area contributed by atoms with Crippen LogP contribution in [0.25, 0.3) is 10.2 Å². The number of aryl methyl sites for hydroxylation is 2. The van der Waals surface area contributed by atoms with Crippen LogP contribution in [0.5, 0.6) is 0 Å². The molecule has 0 spiro atoms. The third-order valence-electron chi connectivity index (χ3n) is 4.92. The Balaban J connectivity index is 0.00000280. The molecule has 6 nitrogen and oxygen atoms in total. The van der Waals surface area contributed by atoms with Gasteiger partial charge in [0, 0.05) is 26.3 Å². The smallest absolute Gasteiger partial charge is 0.278 e. The standard InChI is InChI=1S/C20H27N5OS.ClH/c1-5-15-9-8-10-17-18(15)22-20(27-17)25(14-13-24(6-2)7-3)19(26)16-11-12-21-23(16)4;/h8-12H,5-7,13-14H2,1-4H3;1H. The van der Waals surface area contributed by atoms with E-state index in [-0.39, 0.29) is 18.3 Å². The van der Waals surface area contributed by atoms with Gasteiger partial charge < -0.3 is 4.90 Å². The van der Waals surface area contributed by atoms with E-state index in [2.05, 4.69) is 49.0 Å². The molecule has 0 saturated carbocycles. The van der Waals surface area contributed by atoms with Gasteiger partial charge in [0.1, 0.15) is 5.69 Å². The molecular weight excluding hydrogens is 394 g/mol. The van der Waals surface area contributed by atoms with Gasteiger partial charge in [0.2, 0.25) is 0 Å². The van der Waals surface area contributed by atoms with Gasteiger partial charge in [-0.05, 0) is 37.2 Å². The summed E-state index contributed by atoms with van der Waals surface area (Å²) in [5, 5.41) is 4.91. The van der Waals surface area contributed by atoms with Crippen molar-refractivity contribution in [2.24, 2.45) is 7.05 Å².